The first-order valence-electron chi connectivity index (χ1n) is 6.62. The number of hydrogen-bond acceptors (Lipinski definition) is 6. The third kappa shape index (κ3) is 4.65. The maximum atomic E-state index is 12.1. The number of hydrogen-bond donors (Lipinski definition) is 2. The molecule has 0 bridgehead atoms. The molecular weight excluding hydrogens is 314 g/mol. The molecule has 1 amide bonds. The highest BCUT2D eigenvalue weighted by atomic mass is 32.2. The minimum atomic E-state index is -3.35. The Morgan fingerprint density at radius 3 is 2.95 bits per heavy atom. The third-order valence-corrected chi connectivity index (χ3v) is 4.92. The van der Waals surface area contributed by atoms with Crippen LogP contribution in [0.15, 0.2) is 5.38 Å². The molecule has 0 spiro atoms. The number of thiazole rings is 1. The monoisotopic (exact) mass is 333 g/mol. The summed E-state index contributed by atoms with van der Waals surface area (Å²) in [5, 5.41) is 11.5. The van der Waals surface area contributed by atoms with Crippen molar-refractivity contribution in [1.82, 2.24) is 9.88 Å². The average Bonchev–Trinajstić information content (AvgIpc) is 2.96. The van der Waals surface area contributed by atoms with Gasteiger partial charge >= 0.3 is 0 Å². The number of rotatable bonds is 5. The predicted octanol–water partition coefficient (Wildman–Crippen LogP) is 0.286. The minimum Gasteiger partial charge on any atom is -0.393 e. The fraction of sp³-hybridized carbons (Fsp3) is 0.667. The highest BCUT2D eigenvalue weighted by Crippen LogP contribution is 2.22. The molecule has 1 saturated heterocycles. The van der Waals surface area contributed by atoms with E-state index in [0.29, 0.717) is 18.8 Å². The molecule has 2 unspecified atom stereocenters. The van der Waals surface area contributed by atoms with E-state index < -0.39 is 16.1 Å². The lowest BCUT2D eigenvalue weighted by atomic mass is 10.0. The van der Waals surface area contributed by atoms with Gasteiger partial charge in [0.2, 0.25) is 15.9 Å². The molecule has 2 heterocycles. The van der Waals surface area contributed by atoms with Crippen molar-refractivity contribution in [2.75, 3.05) is 24.1 Å². The second-order valence-electron chi connectivity index (χ2n) is 5.32. The second kappa shape index (κ2) is 6.29. The molecule has 118 valence electrons. The van der Waals surface area contributed by atoms with E-state index in [4.69, 9.17) is 0 Å². The number of aromatic nitrogens is 1. The lowest BCUT2D eigenvalue weighted by Gasteiger charge is -2.17. The summed E-state index contributed by atoms with van der Waals surface area (Å²) in [6, 6.07) is 0. The van der Waals surface area contributed by atoms with Crippen LogP contribution in [0.1, 0.15) is 19.0 Å². The quantitative estimate of drug-likeness (QED) is 0.806. The van der Waals surface area contributed by atoms with Crippen LogP contribution < -0.4 is 4.72 Å². The Hall–Kier alpha value is -1.19. The summed E-state index contributed by atoms with van der Waals surface area (Å²) in [5.74, 6) is 0.0844. The van der Waals surface area contributed by atoms with Crippen molar-refractivity contribution in [3.8, 4) is 0 Å². The second-order valence-corrected chi connectivity index (χ2v) is 7.93. The first kappa shape index (κ1) is 16.2. The molecule has 0 aliphatic carbocycles. The minimum absolute atomic E-state index is 0.0469. The highest BCUT2D eigenvalue weighted by molar-refractivity contribution is 7.92. The Morgan fingerprint density at radius 1 is 1.67 bits per heavy atom. The summed E-state index contributed by atoms with van der Waals surface area (Å²) in [4.78, 5) is 18.0. The average molecular weight is 333 g/mol. The molecule has 0 saturated carbocycles. The number of aliphatic hydroxyl groups excluding tert-OH is 1. The molecule has 9 heteroatoms. The molecule has 2 N–H and O–H groups in total. The number of aliphatic hydroxyl groups is 1. The van der Waals surface area contributed by atoms with Gasteiger partial charge in [-0.1, -0.05) is 0 Å². The van der Waals surface area contributed by atoms with Gasteiger partial charge in [0, 0.05) is 24.4 Å². The largest absolute Gasteiger partial charge is 0.393 e. The molecular formula is C12H19N3O4S2. The number of amides is 1. The van der Waals surface area contributed by atoms with Gasteiger partial charge in [0.25, 0.3) is 0 Å². The molecule has 21 heavy (non-hydrogen) atoms. The van der Waals surface area contributed by atoms with E-state index in [-0.39, 0.29) is 23.4 Å². The lowest BCUT2D eigenvalue weighted by Crippen LogP contribution is -2.31. The van der Waals surface area contributed by atoms with Crippen LogP contribution in [0.25, 0.3) is 0 Å². The summed E-state index contributed by atoms with van der Waals surface area (Å²) in [6.07, 6.45) is 1.60. The van der Waals surface area contributed by atoms with Gasteiger partial charge in [0.15, 0.2) is 5.13 Å². The van der Waals surface area contributed by atoms with Crippen molar-refractivity contribution >= 4 is 32.4 Å². The standard InChI is InChI=1S/C12H19N3O4S2/c1-8(16)9-3-4-15(6-9)11(17)5-10-7-20-12(13-10)14-21(2,18)19/h7-9,16H,3-6H2,1-2H3,(H,13,14). The number of likely N-dealkylation sites (tertiary alicyclic amines) is 1. The van der Waals surface area contributed by atoms with Crippen molar-refractivity contribution in [1.29, 1.82) is 0 Å². The Kier molecular flexibility index (Phi) is 4.84. The summed E-state index contributed by atoms with van der Waals surface area (Å²) >= 11 is 1.15. The number of carbonyl (C=O) groups is 1. The Labute approximate surface area is 128 Å². The van der Waals surface area contributed by atoms with Gasteiger partial charge in [-0.3, -0.25) is 9.52 Å². The highest BCUT2D eigenvalue weighted by Gasteiger charge is 2.29. The summed E-state index contributed by atoms with van der Waals surface area (Å²) in [6.45, 7) is 2.95. The number of nitrogens with zero attached hydrogens (tertiary/aromatic N) is 2. The number of nitrogens with one attached hydrogen (secondary N) is 1. The Morgan fingerprint density at radius 2 is 2.38 bits per heavy atom. The fourth-order valence-electron chi connectivity index (χ4n) is 2.27. The molecule has 1 aromatic heterocycles. The normalized spacial score (nSPS) is 20.5. The smallest absolute Gasteiger partial charge is 0.231 e. The van der Waals surface area contributed by atoms with Crippen LogP contribution in [0.4, 0.5) is 5.13 Å². The van der Waals surface area contributed by atoms with E-state index in [0.717, 1.165) is 24.0 Å². The Balaban J connectivity index is 1.92. The first-order valence-corrected chi connectivity index (χ1v) is 9.40. The zero-order valence-corrected chi connectivity index (χ0v) is 13.6. The maximum absolute atomic E-state index is 12.1. The number of sulfonamides is 1. The topological polar surface area (TPSA) is 99.6 Å². The molecule has 1 aliphatic rings. The van der Waals surface area contributed by atoms with Gasteiger partial charge in [-0.2, -0.15) is 0 Å². The van der Waals surface area contributed by atoms with Crippen LogP contribution in [-0.2, 0) is 21.2 Å². The lowest BCUT2D eigenvalue weighted by molar-refractivity contribution is -0.129. The van der Waals surface area contributed by atoms with Crippen molar-refractivity contribution in [3.63, 3.8) is 0 Å². The van der Waals surface area contributed by atoms with Crippen molar-refractivity contribution in [2.45, 2.75) is 25.9 Å². The zero-order chi connectivity index (χ0) is 15.6. The predicted molar refractivity (Wildman–Crippen MR) is 80.7 cm³/mol. The molecule has 0 radical (unpaired) electrons. The van der Waals surface area contributed by atoms with Crippen LogP contribution in [0.3, 0.4) is 0 Å². The maximum Gasteiger partial charge on any atom is 0.231 e. The first-order chi connectivity index (χ1) is 9.74. The SMILES string of the molecule is CC(O)C1CCN(C(=O)Cc2csc(NS(C)(=O)=O)n2)C1. The van der Waals surface area contributed by atoms with Gasteiger partial charge in [0.05, 0.1) is 24.5 Å². The molecule has 0 aromatic carbocycles. The molecule has 1 fully saturated rings. The summed E-state index contributed by atoms with van der Waals surface area (Å²) in [5.41, 5.74) is 0.552. The molecule has 7 nitrogen and oxygen atoms in total. The van der Waals surface area contributed by atoms with Crippen LogP contribution >= 0.6 is 11.3 Å². The van der Waals surface area contributed by atoms with Gasteiger partial charge in [-0.25, -0.2) is 13.4 Å². The van der Waals surface area contributed by atoms with E-state index in [1.165, 1.54) is 0 Å². The van der Waals surface area contributed by atoms with Crippen molar-refractivity contribution < 1.29 is 18.3 Å². The van der Waals surface area contributed by atoms with E-state index in [2.05, 4.69) is 9.71 Å². The van der Waals surface area contributed by atoms with Gasteiger partial charge in [-0.15, -0.1) is 11.3 Å². The van der Waals surface area contributed by atoms with Gasteiger partial charge in [0.1, 0.15) is 0 Å². The zero-order valence-electron chi connectivity index (χ0n) is 11.9. The van der Waals surface area contributed by atoms with Crippen molar-refractivity contribution in [2.24, 2.45) is 5.92 Å². The third-order valence-electron chi connectivity index (χ3n) is 3.42. The number of carbonyl (C=O) groups excluding carboxylic acids is 1. The van der Waals surface area contributed by atoms with Gasteiger partial charge < -0.3 is 10.0 Å². The van der Waals surface area contributed by atoms with E-state index in [9.17, 15) is 18.3 Å². The van der Waals surface area contributed by atoms with Crippen molar-refractivity contribution in [3.05, 3.63) is 11.1 Å². The van der Waals surface area contributed by atoms with E-state index in [1.807, 2.05) is 0 Å². The van der Waals surface area contributed by atoms with E-state index >= 15 is 0 Å². The molecule has 2 rings (SSSR count). The molecule has 1 aromatic rings. The Bertz CT molecular complexity index is 612. The van der Waals surface area contributed by atoms with Crippen LogP contribution in [0, 0.1) is 5.92 Å². The van der Waals surface area contributed by atoms with Crippen LogP contribution in [0.5, 0.6) is 0 Å². The molecule has 1 aliphatic heterocycles. The van der Waals surface area contributed by atoms with Gasteiger partial charge in [-0.05, 0) is 13.3 Å². The number of anilines is 1. The van der Waals surface area contributed by atoms with Crippen LogP contribution in [0.2, 0.25) is 0 Å². The molecule has 2 atom stereocenters. The van der Waals surface area contributed by atoms with Crippen LogP contribution in [-0.4, -0.2) is 54.8 Å². The fourth-order valence-corrected chi connectivity index (χ4v) is 3.83. The van der Waals surface area contributed by atoms with E-state index in [1.54, 1.807) is 17.2 Å². The summed E-state index contributed by atoms with van der Waals surface area (Å²) in [7, 11) is -3.35. The summed E-state index contributed by atoms with van der Waals surface area (Å²) < 4.78 is 24.5.